The molecule has 1 aromatic heterocycles. The Morgan fingerprint density at radius 1 is 1.06 bits per heavy atom. The quantitative estimate of drug-likeness (QED) is 0.324. The normalized spacial score (nSPS) is 11.9. The van der Waals surface area contributed by atoms with Crippen molar-refractivity contribution in [1.29, 1.82) is 0 Å². The Bertz CT molecular complexity index is 1110. The Balaban J connectivity index is 1.60. The molecule has 0 radical (unpaired) electrons. The van der Waals surface area contributed by atoms with E-state index < -0.39 is 12.1 Å². The molecule has 0 aliphatic heterocycles. The van der Waals surface area contributed by atoms with Crippen LogP contribution < -0.4 is 5.32 Å². The maximum atomic E-state index is 12.6. The zero-order chi connectivity index (χ0) is 22.2. The average molecular weight is 416 g/mol. The van der Waals surface area contributed by atoms with Gasteiger partial charge in [0.05, 0.1) is 5.52 Å². The molecule has 3 rings (SSSR count). The number of hydrogen-bond acceptors (Lipinski definition) is 5. The number of Topliss-reactive ketones (excluding diaryl/α,β-unsaturated/α-hetero) is 1. The number of carbonyl (C=O) groups excluding carboxylic acids is 3. The number of carbonyl (C=O) groups is 3. The van der Waals surface area contributed by atoms with E-state index in [1.807, 2.05) is 37.3 Å². The first-order valence-corrected chi connectivity index (χ1v) is 10.1. The Labute approximate surface area is 180 Å². The lowest BCUT2D eigenvalue weighted by molar-refractivity contribution is -0.140. The topological polar surface area (TPSA) is 85.4 Å². The van der Waals surface area contributed by atoms with Gasteiger partial charge in [-0.15, -0.1) is 0 Å². The number of amides is 1. The summed E-state index contributed by atoms with van der Waals surface area (Å²) < 4.78 is 5.26. The number of nitrogens with one attached hydrogen (secondary N) is 1. The average Bonchev–Trinajstić information content (AvgIpc) is 2.77. The van der Waals surface area contributed by atoms with E-state index in [4.69, 9.17) is 4.74 Å². The second-order valence-corrected chi connectivity index (χ2v) is 7.07. The van der Waals surface area contributed by atoms with Crippen LogP contribution >= 0.6 is 0 Å². The number of nitrogens with zero attached hydrogens (tertiary/aromatic N) is 1. The minimum atomic E-state index is -0.941. The van der Waals surface area contributed by atoms with Gasteiger partial charge in [-0.05, 0) is 49.8 Å². The van der Waals surface area contributed by atoms with Crippen molar-refractivity contribution in [3.63, 3.8) is 0 Å². The van der Waals surface area contributed by atoms with E-state index >= 15 is 0 Å². The van der Waals surface area contributed by atoms with Crippen molar-refractivity contribution >= 4 is 40.3 Å². The molecule has 6 heteroatoms. The van der Waals surface area contributed by atoms with Crippen LogP contribution in [0.4, 0.5) is 5.69 Å². The fourth-order valence-corrected chi connectivity index (χ4v) is 3.09. The molecule has 0 fully saturated rings. The molecule has 1 N–H and O–H groups in total. The summed E-state index contributed by atoms with van der Waals surface area (Å²) in [6.45, 7) is 3.46. The van der Waals surface area contributed by atoms with Crippen molar-refractivity contribution in [3.05, 3.63) is 78.0 Å². The highest BCUT2D eigenvalue weighted by molar-refractivity contribution is 6.02. The molecular formula is C25H24N2O4. The molecule has 0 saturated carbocycles. The number of anilines is 1. The van der Waals surface area contributed by atoms with Gasteiger partial charge in [-0.1, -0.05) is 31.2 Å². The van der Waals surface area contributed by atoms with Gasteiger partial charge >= 0.3 is 5.97 Å². The molecule has 2 aromatic carbocycles. The fraction of sp³-hybridized carbons (Fsp3) is 0.200. The van der Waals surface area contributed by atoms with Gasteiger partial charge in [-0.3, -0.25) is 14.6 Å². The summed E-state index contributed by atoms with van der Waals surface area (Å²) in [6, 6.07) is 16.0. The van der Waals surface area contributed by atoms with E-state index in [2.05, 4.69) is 10.3 Å². The van der Waals surface area contributed by atoms with Crippen LogP contribution in [0.2, 0.25) is 0 Å². The molecule has 0 spiro atoms. The minimum Gasteiger partial charge on any atom is -0.451 e. The molecule has 0 unspecified atom stereocenters. The molecule has 3 aromatic rings. The zero-order valence-corrected chi connectivity index (χ0v) is 17.5. The minimum absolute atomic E-state index is 0.0722. The van der Waals surface area contributed by atoms with E-state index in [9.17, 15) is 14.4 Å². The van der Waals surface area contributed by atoms with E-state index in [1.165, 1.54) is 13.0 Å². The highest BCUT2D eigenvalue weighted by Crippen LogP contribution is 2.17. The Kier molecular flexibility index (Phi) is 7.27. The molecule has 1 heterocycles. The van der Waals surface area contributed by atoms with Crippen molar-refractivity contribution in [3.8, 4) is 0 Å². The highest BCUT2D eigenvalue weighted by atomic mass is 16.5. The van der Waals surface area contributed by atoms with Crippen LogP contribution in [0.15, 0.2) is 66.9 Å². The first kappa shape index (κ1) is 21.9. The summed E-state index contributed by atoms with van der Waals surface area (Å²) in [6.07, 6.45) is 4.87. The van der Waals surface area contributed by atoms with E-state index in [1.54, 1.807) is 36.5 Å². The number of aromatic nitrogens is 1. The molecule has 158 valence electrons. The summed E-state index contributed by atoms with van der Waals surface area (Å²) in [7, 11) is 0. The van der Waals surface area contributed by atoms with Crippen molar-refractivity contribution in [2.24, 2.45) is 0 Å². The first-order chi connectivity index (χ1) is 15.0. The maximum Gasteiger partial charge on any atom is 0.331 e. The third-order valence-corrected chi connectivity index (χ3v) is 4.66. The molecule has 1 amide bonds. The highest BCUT2D eigenvalue weighted by Gasteiger charge is 2.18. The number of hydrogen-bond donors (Lipinski definition) is 1. The van der Waals surface area contributed by atoms with Crippen molar-refractivity contribution in [2.45, 2.75) is 32.8 Å². The third kappa shape index (κ3) is 5.85. The van der Waals surface area contributed by atoms with Gasteiger partial charge < -0.3 is 10.1 Å². The SMILES string of the molecule is CCCC(=O)Nc1ccc(C(=O)[C@@H](C)OC(=O)/C=C\c2cccc3cccnc23)cc1. The predicted octanol–water partition coefficient (Wildman–Crippen LogP) is 4.80. The van der Waals surface area contributed by atoms with Crippen LogP contribution in [-0.4, -0.2) is 28.7 Å². The van der Waals surface area contributed by atoms with Gasteiger partial charge in [0, 0.05) is 40.9 Å². The van der Waals surface area contributed by atoms with Gasteiger partial charge in [0.25, 0.3) is 0 Å². The summed E-state index contributed by atoms with van der Waals surface area (Å²) in [5, 5.41) is 3.73. The molecule has 0 aliphatic carbocycles. The number of benzene rings is 2. The monoisotopic (exact) mass is 416 g/mol. The van der Waals surface area contributed by atoms with Crippen LogP contribution in [0.3, 0.4) is 0 Å². The summed E-state index contributed by atoms with van der Waals surface area (Å²) in [5.41, 5.74) is 2.58. The molecule has 1 atom stereocenters. The molecule has 0 bridgehead atoms. The lowest BCUT2D eigenvalue weighted by atomic mass is 10.1. The maximum absolute atomic E-state index is 12.6. The van der Waals surface area contributed by atoms with Crippen LogP contribution in [0.5, 0.6) is 0 Å². The first-order valence-electron chi connectivity index (χ1n) is 10.1. The Hall–Kier alpha value is -3.80. The summed E-state index contributed by atoms with van der Waals surface area (Å²) >= 11 is 0. The Morgan fingerprint density at radius 3 is 2.55 bits per heavy atom. The number of fused-ring (bicyclic) bond motifs is 1. The molecular weight excluding hydrogens is 392 g/mol. The second-order valence-electron chi connectivity index (χ2n) is 7.07. The number of ketones is 1. The van der Waals surface area contributed by atoms with Gasteiger partial charge in [-0.25, -0.2) is 4.79 Å². The largest absolute Gasteiger partial charge is 0.451 e. The van der Waals surface area contributed by atoms with Crippen LogP contribution in [0.25, 0.3) is 17.0 Å². The second kappa shape index (κ2) is 10.3. The van der Waals surface area contributed by atoms with Crippen LogP contribution in [0, 0.1) is 0 Å². The van der Waals surface area contributed by atoms with Gasteiger partial charge in [0.2, 0.25) is 11.7 Å². The molecule has 31 heavy (non-hydrogen) atoms. The summed E-state index contributed by atoms with van der Waals surface area (Å²) in [4.78, 5) is 40.8. The van der Waals surface area contributed by atoms with Gasteiger partial charge in [-0.2, -0.15) is 0 Å². The Morgan fingerprint density at radius 2 is 1.81 bits per heavy atom. The fourth-order valence-electron chi connectivity index (χ4n) is 3.09. The predicted molar refractivity (Wildman–Crippen MR) is 121 cm³/mol. The van der Waals surface area contributed by atoms with Gasteiger partial charge in [0.1, 0.15) is 0 Å². The van der Waals surface area contributed by atoms with Crippen molar-refractivity contribution in [1.82, 2.24) is 4.98 Å². The van der Waals surface area contributed by atoms with Gasteiger partial charge in [0.15, 0.2) is 6.10 Å². The van der Waals surface area contributed by atoms with Crippen LogP contribution in [-0.2, 0) is 14.3 Å². The van der Waals surface area contributed by atoms with Crippen molar-refractivity contribution < 1.29 is 19.1 Å². The number of rotatable bonds is 8. The third-order valence-electron chi connectivity index (χ3n) is 4.66. The number of para-hydroxylation sites is 1. The number of pyridine rings is 1. The van der Waals surface area contributed by atoms with E-state index in [0.717, 1.165) is 22.9 Å². The summed E-state index contributed by atoms with van der Waals surface area (Å²) in [5.74, 6) is -1.01. The lowest BCUT2D eigenvalue weighted by Gasteiger charge is -2.11. The number of ether oxygens (including phenoxy) is 1. The van der Waals surface area contributed by atoms with E-state index in [-0.39, 0.29) is 11.7 Å². The van der Waals surface area contributed by atoms with E-state index in [0.29, 0.717) is 17.7 Å². The standard InChI is InChI=1S/C25H24N2O4/c1-3-6-22(28)27-21-13-10-20(11-14-21)25(30)17(2)31-23(29)15-12-19-8-4-7-18-9-5-16-26-24(18)19/h4-5,7-17H,3,6H2,1-2H3,(H,27,28)/b15-12-/t17-/m1/s1. The molecule has 6 nitrogen and oxygen atoms in total. The zero-order valence-electron chi connectivity index (χ0n) is 17.5. The van der Waals surface area contributed by atoms with Crippen molar-refractivity contribution in [2.75, 3.05) is 5.32 Å². The van der Waals surface area contributed by atoms with Crippen LogP contribution in [0.1, 0.15) is 42.6 Å². The number of esters is 1. The molecule has 0 aliphatic rings. The molecule has 0 saturated heterocycles. The lowest BCUT2D eigenvalue weighted by Crippen LogP contribution is -2.23. The smallest absolute Gasteiger partial charge is 0.331 e.